The standard InChI is InChI=1S/C14H16N4O/c1-10-8-11(15-2)5-6-13(10)14(19)16-9-12-4-3-7-17-18-12/h3-8,15H,9H2,1-2H3,(H,16,19). The smallest absolute Gasteiger partial charge is 0.251 e. The SMILES string of the molecule is CNc1ccc(C(=O)NCc2cccnn2)c(C)c1. The lowest BCUT2D eigenvalue weighted by Gasteiger charge is -2.09. The Kier molecular flexibility index (Phi) is 4.07. The van der Waals surface area contributed by atoms with Gasteiger partial charge in [0.2, 0.25) is 0 Å². The molecule has 0 radical (unpaired) electrons. The van der Waals surface area contributed by atoms with Crippen molar-refractivity contribution >= 4 is 11.6 Å². The minimum Gasteiger partial charge on any atom is -0.388 e. The van der Waals surface area contributed by atoms with Crippen molar-refractivity contribution in [3.8, 4) is 0 Å². The third-order valence-corrected chi connectivity index (χ3v) is 2.82. The molecular formula is C14H16N4O. The number of hydrogen-bond acceptors (Lipinski definition) is 4. The first-order chi connectivity index (χ1) is 9.20. The van der Waals surface area contributed by atoms with Gasteiger partial charge in [-0.3, -0.25) is 4.79 Å². The second-order valence-corrected chi connectivity index (χ2v) is 4.18. The Hall–Kier alpha value is -2.43. The minimum absolute atomic E-state index is 0.106. The van der Waals surface area contributed by atoms with E-state index in [0.717, 1.165) is 16.9 Å². The van der Waals surface area contributed by atoms with E-state index in [4.69, 9.17) is 0 Å². The maximum absolute atomic E-state index is 12.1. The van der Waals surface area contributed by atoms with Crippen molar-refractivity contribution < 1.29 is 4.79 Å². The first-order valence-corrected chi connectivity index (χ1v) is 6.04. The van der Waals surface area contributed by atoms with E-state index in [1.165, 1.54) is 0 Å². The van der Waals surface area contributed by atoms with E-state index in [2.05, 4.69) is 20.8 Å². The van der Waals surface area contributed by atoms with Crippen LogP contribution in [0.5, 0.6) is 0 Å². The van der Waals surface area contributed by atoms with Crippen LogP contribution in [0, 0.1) is 6.92 Å². The molecule has 0 unspecified atom stereocenters. The number of rotatable bonds is 4. The average molecular weight is 256 g/mol. The van der Waals surface area contributed by atoms with Crippen molar-refractivity contribution in [1.29, 1.82) is 0 Å². The molecule has 2 N–H and O–H groups in total. The fourth-order valence-corrected chi connectivity index (χ4v) is 1.77. The van der Waals surface area contributed by atoms with Gasteiger partial charge in [0.25, 0.3) is 5.91 Å². The summed E-state index contributed by atoms with van der Waals surface area (Å²) >= 11 is 0. The largest absolute Gasteiger partial charge is 0.388 e. The van der Waals surface area contributed by atoms with E-state index in [0.29, 0.717) is 12.1 Å². The number of carbonyl (C=O) groups is 1. The van der Waals surface area contributed by atoms with E-state index in [1.807, 2.05) is 38.2 Å². The number of benzene rings is 1. The summed E-state index contributed by atoms with van der Waals surface area (Å²) in [6, 6.07) is 9.25. The van der Waals surface area contributed by atoms with Crippen LogP contribution in [0.4, 0.5) is 5.69 Å². The molecule has 5 nitrogen and oxygen atoms in total. The number of aromatic nitrogens is 2. The molecule has 0 spiro atoms. The lowest BCUT2D eigenvalue weighted by atomic mass is 10.1. The number of nitrogens with zero attached hydrogens (tertiary/aromatic N) is 2. The average Bonchev–Trinajstić information content (AvgIpc) is 2.45. The Morgan fingerprint density at radius 1 is 1.32 bits per heavy atom. The molecule has 2 aromatic rings. The second-order valence-electron chi connectivity index (χ2n) is 4.18. The molecule has 0 saturated carbocycles. The molecule has 0 bridgehead atoms. The lowest BCUT2D eigenvalue weighted by Crippen LogP contribution is -2.24. The molecule has 1 aromatic heterocycles. The monoisotopic (exact) mass is 256 g/mol. The summed E-state index contributed by atoms with van der Waals surface area (Å²) in [5.74, 6) is -0.106. The van der Waals surface area contributed by atoms with Gasteiger partial charge in [0, 0.05) is 24.5 Å². The molecule has 2 rings (SSSR count). The second kappa shape index (κ2) is 5.95. The van der Waals surface area contributed by atoms with E-state index in [9.17, 15) is 4.79 Å². The Morgan fingerprint density at radius 2 is 2.16 bits per heavy atom. The molecule has 1 aromatic carbocycles. The van der Waals surface area contributed by atoms with Crippen molar-refractivity contribution in [3.05, 3.63) is 53.3 Å². The first-order valence-electron chi connectivity index (χ1n) is 6.04. The number of hydrogen-bond donors (Lipinski definition) is 2. The summed E-state index contributed by atoms with van der Waals surface area (Å²) in [6.45, 7) is 2.29. The molecule has 0 atom stereocenters. The molecule has 0 aliphatic carbocycles. The zero-order valence-corrected chi connectivity index (χ0v) is 11.0. The van der Waals surface area contributed by atoms with Gasteiger partial charge in [-0.25, -0.2) is 0 Å². The van der Waals surface area contributed by atoms with Gasteiger partial charge < -0.3 is 10.6 Å². The molecule has 0 aliphatic rings. The van der Waals surface area contributed by atoms with Crippen molar-refractivity contribution in [2.24, 2.45) is 0 Å². The van der Waals surface area contributed by atoms with Crippen LogP contribution in [0.2, 0.25) is 0 Å². The number of anilines is 1. The summed E-state index contributed by atoms with van der Waals surface area (Å²) in [4.78, 5) is 12.1. The van der Waals surface area contributed by atoms with Gasteiger partial charge in [-0.05, 0) is 42.8 Å². The van der Waals surface area contributed by atoms with Crippen LogP contribution in [0.15, 0.2) is 36.5 Å². The summed E-state index contributed by atoms with van der Waals surface area (Å²) in [5, 5.41) is 13.6. The van der Waals surface area contributed by atoms with Crippen LogP contribution in [0.1, 0.15) is 21.6 Å². The minimum atomic E-state index is -0.106. The van der Waals surface area contributed by atoms with Crippen molar-refractivity contribution in [2.45, 2.75) is 13.5 Å². The van der Waals surface area contributed by atoms with E-state index in [-0.39, 0.29) is 5.91 Å². The molecule has 1 heterocycles. The molecule has 0 aliphatic heterocycles. The van der Waals surface area contributed by atoms with E-state index in [1.54, 1.807) is 12.3 Å². The van der Waals surface area contributed by atoms with Gasteiger partial charge in [-0.1, -0.05) is 0 Å². The quantitative estimate of drug-likeness (QED) is 0.874. The molecular weight excluding hydrogens is 240 g/mol. The fraction of sp³-hybridized carbons (Fsp3) is 0.214. The lowest BCUT2D eigenvalue weighted by molar-refractivity contribution is 0.0949. The Labute approximate surface area is 112 Å². The van der Waals surface area contributed by atoms with Crippen LogP contribution in [-0.2, 0) is 6.54 Å². The maximum atomic E-state index is 12.1. The highest BCUT2D eigenvalue weighted by Crippen LogP contribution is 2.14. The van der Waals surface area contributed by atoms with Gasteiger partial charge in [0.15, 0.2) is 0 Å². The number of carbonyl (C=O) groups excluding carboxylic acids is 1. The fourth-order valence-electron chi connectivity index (χ4n) is 1.77. The van der Waals surface area contributed by atoms with Crippen molar-refractivity contribution in [1.82, 2.24) is 15.5 Å². The number of nitrogens with one attached hydrogen (secondary N) is 2. The third kappa shape index (κ3) is 3.28. The van der Waals surface area contributed by atoms with Crippen LogP contribution in [-0.4, -0.2) is 23.2 Å². The predicted molar refractivity (Wildman–Crippen MR) is 73.9 cm³/mol. The molecule has 1 amide bonds. The molecule has 98 valence electrons. The molecule has 5 heteroatoms. The molecule has 0 saturated heterocycles. The zero-order valence-electron chi connectivity index (χ0n) is 11.0. The normalized spacial score (nSPS) is 10.0. The highest BCUT2D eigenvalue weighted by atomic mass is 16.1. The van der Waals surface area contributed by atoms with Crippen molar-refractivity contribution in [2.75, 3.05) is 12.4 Å². The predicted octanol–water partition coefficient (Wildman–Crippen LogP) is 1.76. The van der Waals surface area contributed by atoms with E-state index >= 15 is 0 Å². The van der Waals surface area contributed by atoms with Gasteiger partial charge in [-0.15, -0.1) is 0 Å². The van der Waals surface area contributed by atoms with Crippen molar-refractivity contribution in [3.63, 3.8) is 0 Å². The summed E-state index contributed by atoms with van der Waals surface area (Å²) in [7, 11) is 1.85. The Morgan fingerprint density at radius 3 is 2.79 bits per heavy atom. The van der Waals surface area contributed by atoms with Crippen LogP contribution < -0.4 is 10.6 Å². The van der Waals surface area contributed by atoms with Gasteiger partial charge in [0.1, 0.15) is 0 Å². The highest BCUT2D eigenvalue weighted by Gasteiger charge is 2.09. The number of aryl methyl sites for hydroxylation is 1. The summed E-state index contributed by atoms with van der Waals surface area (Å²) in [5.41, 5.74) is 3.33. The Balaban J connectivity index is 2.04. The summed E-state index contributed by atoms with van der Waals surface area (Å²) < 4.78 is 0. The first kappa shape index (κ1) is 13.0. The number of amides is 1. The molecule has 19 heavy (non-hydrogen) atoms. The molecule has 0 fully saturated rings. The highest BCUT2D eigenvalue weighted by molar-refractivity contribution is 5.96. The topological polar surface area (TPSA) is 66.9 Å². The zero-order chi connectivity index (χ0) is 13.7. The maximum Gasteiger partial charge on any atom is 0.251 e. The van der Waals surface area contributed by atoms with Gasteiger partial charge in [-0.2, -0.15) is 10.2 Å². The van der Waals surface area contributed by atoms with Crippen LogP contribution in [0.25, 0.3) is 0 Å². The van der Waals surface area contributed by atoms with E-state index < -0.39 is 0 Å². The van der Waals surface area contributed by atoms with Crippen LogP contribution in [0.3, 0.4) is 0 Å². The summed E-state index contributed by atoms with van der Waals surface area (Å²) in [6.07, 6.45) is 1.60. The third-order valence-electron chi connectivity index (χ3n) is 2.82. The van der Waals surface area contributed by atoms with Gasteiger partial charge >= 0.3 is 0 Å². The Bertz CT molecular complexity index is 569. The van der Waals surface area contributed by atoms with Gasteiger partial charge in [0.05, 0.1) is 12.2 Å². The van der Waals surface area contributed by atoms with Crippen LogP contribution >= 0.6 is 0 Å².